The molecule has 2 saturated heterocycles. The van der Waals surface area contributed by atoms with Gasteiger partial charge in [-0.15, -0.1) is 0 Å². The summed E-state index contributed by atoms with van der Waals surface area (Å²) in [5.74, 6) is 0.222. The Morgan fingerprint density at radius 2 is 2.30 bits per heavy atom. The minimum Gasteiger partial charge on any atom is -0.459 e. The lowest BCUT2D eigenvalue weighted by molar-refractivity contribution is -0.116. The van der Waals surface area contributed by atoms with Gasteiger partial charge in [-0.2, -0.15) is 0 Å². The number of amides is 1. The Balaban J connectivity index is 1.61. The summed E-state index contributed by atoms with van der Waals surface area (Å²) in [4.78, 5) is 14.1. The van der Waals surface area contributed by atoms with Crippen LogP contribution in [0.1, 0.15) is 36.2 Å². The van der Waals surface area contributed by atoms with E-state index in [9.17, 15) is 13.2 Å². The maximum Gasteiger partial charge on any atom is 0.289 e. The van der Waals surface area contributed by atoms with Crippen LogP contribution >= 0.6 is 0 Å². The summed E-state index contributed by atoms with van der Waals surface area (Å²) < 4.78 is 36.3. The molecule has 0 aliphatic carbocycles. The lowest BCUT2D eigenvalue weighted by Crippen LogP contribution is -2.47. The van der Waals surface area contributed by atoms with Crippen LogP contribution in [0.2, 0.25) is 0 Å². The molecule has 0 aromatic carbocycles. The topological polar surface area (TPSA) is 88.9 Å². The quantitative estimate of drug-likeness (QED) is 0.881. The summed E-state index contributed by atoms with van der Waals surface area (Å²) in [5, 5.41) is 0. The Morgan fingerprint density at radius 3 is 3.00 bits per heavy atom. The third kappa shape index (κ3) is 3.94. The molecule has 3 heterocycles. The lowest BCUT2D eigenvalue weighted by atomic mass is 9.90. The molecule has 8 heteroatoms. The molecular formula is C15H22N2O5S. The van der Waals surface area contributed by atoms with Crippen molar-refractivity contribution in [1.29, 1.82) is 0 Å². The zero-order valence-corrected chi connectivity index (χ0v) is 14.0. The van der Waals surface area contributed by atoms with Gasteiger partial charge in [0.05, 0.1) is 30.8 Å². The first-order chi connectivity index (χ1) is 10.9. The van der Waals surface area contributed by atoms with Gasteiger partial charge in [-0.05, 0) is 37.8 Å². The van der Waals surface area contributed by atoms with E-state index in [-0.39, 0.29) is 24.2 Å². The summed E-state index contributed by atoms with van der Waals surface area (Å²) >= 11 is 0. The first-order valence-electron chi connectivity index (χ1n) is 7.82. The van der Waals surface area contributed by atoms with Crippen molar-refractivity contribution >= 4 is 15.9 Å². The number of carbonyl (C=O) groups excluding carboxylic acids is 1. The molecule has 1 aromatic rings. The number of nitrogens with zero attached hydrogens (tertiary/aromatic N) is 1. The van der Waals surface area contributed by atoms with Crippen molar-refractivity contribution in [1.82, 2.24) is 9.62 Å². The van der Waals surface area contributed by atoms with Crippen molar-refractivity contribution in [2.24, 2.45) is 0 Å². The van der Waals surface area contributed by atoms with E-state index in [1.165, 1.54) is 6.26 Å². The van der Waals surface area contributed by atoms with Crippen molar-refractivity contribution in [2.45, 2.75) is 37.4 Å². The van der Waals surface area contributed by atoms with Gasteiger partial charge in [-0.3, -0.25) is 4.79 Å². The molecule has 23 heavy (non-hydrogen) atoms. The zero-order chi connectivity index (χ0) is 16.5. The van der Waals surface area contributed by atoms with Gasteiger partial charge >= 0.3 is 0 Å². The molecular weight excluding hydrogens is 320 g/mol. The average Bonchev–Trinajstić information content (AvgIpc) is 3.14. The van der Waals surface area contributed by atoms with E-state index in [1.54, 1.807) is 17.0 Å². The SMILES string of the molecule is CS(=O)(=O)NC[C@@H]1CCC[C@]2(CCN(C(=O)c3ccco3)C2)O1. The van der Waals surface area contributed by atoms with Crippen LogP contribution in [-0.2, 0) is 14.8 Å². The van der Waals surface area contributed by atoms with Crippen LogP contribution in [0.5, 0.6) is 0 Å². The molecule has 1 N–H and O–H groups in total. The smallest absolute Gasteiger partial charge is 0.289 e. The fourth-order valence-corrected chi connectivity index (χ4v) is 3.87. The van der Waals surface area contributed by atoms with Gasteiger partial charge in [0.15, 0.2) is 5.76 Å². The highest BCUT2D eigenvalue weighted by molar-refractivity contribution is 7.88. The van der Waals surface area contributed by atoms with Crippen LogP contribution in [0.3, 0.4) is 0 Å². The minimum absolute atomic E-state index is 0.119. The highest BCUT2D eigenvalue weighted by Crippen LogP contribution is 2.37. The van der Waals surface area contributed by atoms with E-state index in [0.29, 0.717) is 18.8 Å². The molecule has 0 unspecified atom stereocenters. The number of likely N-dealkylation sites (tertiary alicyclic amines) is 1. The van der Waals surface area contributed by atoms with Crippen LogP contribution in [0.15, 0.2) is 22.8 Å². The highest BCUT2D eigenvalue weighted by atomic mass is 32.2. The molecule has 2 aliphatic rings. The van der Waals surface area contributed by atoms with Crippen molar-refractivity contribution in [3.05, 3.63) is 24.2 Å². The predicted molar refractivity (Wildman–Crippen MR) is 83.5 cm³/mol. The second-order valence-electron chi connectivity index (χ2n) is 6.39. The normalized spacial score (nSPS) is 28.4. The number of hydrogen-bond donors (Lipinski definition) is 1. The van der Waals surface area contributed by atoms with Crippen molar-refractivity contribution in [2.75, 3.05) is 25.9 Å². The van der Waals surface area contributed by atoms with E-state index >= 15 is 0 Å². The fraction of sp³-hybridized carbons (Fsp3) is 0.667. The number of furan rings is 1. The van der Waals surface area contributed by atoms with Gasteiger partial charge in [0.25, 0.3) is 5.91 Å². The molecule has 0 saturated carbocycles. The molecule has 0 radical (unpaired) electrons. The molecule has 2 atom stereocenters. The Kier molecular flexibility index (Phi) is 4.48. The predicted octanol–water partition coefficient (Wildman–Crippen LogP) is 0.983. The van der Waals surface area contributed by atoms with E-state index in [4.69, 9.17) is 9.15 Å². The lowest BCUT2D eigenvalue weighted by Gasteiger charge is -2.38. The number of carbonyl (C=O) groups is 1. The minimum atomic E-state index is -3.22. The largest absolute Gasteiger partial charge is 0.459 e. The first-order valence-corrected chi connectivity index (χ1v) is 9.71. The van der Waals surface area contributed by atoms with E-state index in [1.807, 2.05) is 0 Å². The Hall–Kier alpha value is -1.38. The summed E-state index contributed by atoms with van der Waals surface area (Å²) in [7, 11) is -3.22. The number of hydrogen-bond acceptors (Lipinski definition) is 5. The second kappa shape index (κ2) is 6.26. The summed E-state index contributed by atoms with van der Waals surface area (Å²) in [6.45, 7) is 1.44. The van der Waals surface area contributed by atoms with Crippen LogP contribution in [0.4, 0.5) is 0 Å². The van der Waals surface area contributed by atoms with Gasteiger partial charge in [0, 0.05) is 13.1 Å². The Morgan fingerprint density at radius 1 is 1.48 bits per heavy atom. The van der Waals surface area contributed by atoms with Crippen LogP contribution < -0.4 is 4.72 Å². The summed E-state index contributed by atoms with van der Waals surface area (Å²) in [5.41, 5.74) is -0.357. The highest BCUT2D eigenvalue weighted by Gasteiger charge is 2.44. The Labute approximate surface area is 136 Å². The molecule has 128 valence electrons. The van der Waals surface area contributed by atoms with Crippen molar-refractivity contribution in [3.8, 4) is 0 Å². The number of sulfonamides is 1. The maximum absolute atomic E-state index is 12.4. The molecule has 1 spiro atoms. The van der Waals surface area contributed by atoms with Gasteiger partial charge in [-0.1, -0.05) is 0 Å². The molecule has 7 nitrogen and oxygen atoms in total. The molecule has 2 fully saturated rings. The summed E-state index contributed by atoms with van der Waals surface area (Å²) in [6.07, 6.45) is 5.96. The van der Waals surface area contributed by atoms with Crippen LogP contribution in [0.25, 0.3) is 0 Å². The third-order valence-corrected chi connectivity index (χ3v) is 5.17. The van der Waals surface area contributed by atoms with Gasteiger partial charge in [-0.25, -0.2) is 13.1 Å². The van der Waals surface area contributed by atoms with E-state index in [0.717, 1.165) is 31.9 Å². The first kappa shape index (κ1) is 16.5. The standard InChI is InChI=1S/C15H22N2O5S/c1-23(19,20)16-10-12-4-2-6-15(22-12)7-8-17(11-15)14(18)13-5-3-9-21-13/h3,5,9,12,16H,2,4,6-8,10-11H2,1H3/t12-,15+/m0/s1. The second-order valence-corrected chi connectivity index (χ2v) is 8.22. The van der Waals surface area contributed by atoms with E-state index < -0.39 is 10.0 Å². The average molecular weight is 342 g/mol. The molecule has 1 amide bonds. The van der Waals surface area contributed by atoms with Crippen molar-refractivity contribution < 1.29 is 22.4 Å². The number of ether oxygens (including phenoxy) is 1. The molecule has 3 rings (SSSR count). The van der Waals surface area contributed by atoms with Crippen molar-refractivity contribution in [3.63, 3.8) is 0 Å². The molecule has 1 aromatic heterocycles. The van der Waals surface area contributed by atoms with Gasteiger partial charge < -0.3 is 14.1 Å². The maximum atomic E-state index is 12.4. The zero-order valence-electron chi connectivity index (χ0n) is 13.2. The van der Waals surface area contributed by atoms with Crippen LogP contribution in [0, 0.1) is 0 Å². The molecule has 0 bridgehead atoms. The molecule has 2 aliphatic heterocycles. The van der Waals surface area contributed by atoms with Gasteiger partial charge in [0.2, 0.25) is 10.0 Å². The third-order valence-electron chi connectivity index (χ3n) is 4.48. The number of nitrogens with one attached hydrogen (secondary N) is 1. The Bertz CT molecular complexity index is 657. The van der Waals surface area contributed by atoms with Crippen LogP contribution in [-0.4, -0.2) is 56.8 Å². The number of rotatable bonds is 4. The fourth-order valence-electron chi connectivity index (χ4n) is 3.39. The van der Waals surface area contributed by atoms with E-state index in [2.05, 4.69) is 4.72 Å². The van der Waals surface area contributed by atoms with Gasteiger partial charge in [0.1, 0.15) is 0 Å². The monoisotopic (exact) mass is 342 g/mol. The summed E-state index contributed by atoms with van der Waals surface area (Å²) in [6, 6.07) is 3.36.